The Labute approximate surface area is 80.5 Å². The average Bonchev–Trinajstić information content (AvgIpc) is 2.19. The molecule has 0 aliphatic heterocycles. The van der Waals surface area contributed by atoms with E-state index in [0.29, 0.717) is 5.92 Å². The highest BCUT2D eigenvalue weighted by atomic mass is 14.6. The molecule has 1 nitrogen and oxygen atoms in total. The first-order valence-electron chi connectivity index (χ1n) is 4.89. The summed E-state index contributed by atoms with van der Waals surface area (Å²) in [4.78, 5) is 4.11. The summed E-state index contributed by atoms with van der Waals surface area (Å²) in [7, 11) is 0. The van der Waals surface area contributed by atoms with Crippen molar-refractivity contribution in [2.24, 2.45) is 0 Å². The molecule has 1 rings (SSSR count). The minimum atomic E-state index is 0.580. The molecule has 1 aromatic rings. The number of pyridine rings is 1. The molecule has 0 aliphatic carbocycles. The lowest BCUT2D eigenvalue weighted by molar-refractivity contribution is 0.773. The molecule has 1 aromatic heterocycles. The summed E-state index contributed by atoms with van der Waals surface area (Å²) in [6, 6.07) is 4.13. The molecule has 0 fully saturated rings. The van der Waals surface area contributed by atoms with Crippen LogP contribution in [0.3, 0.4) is 0 Å². The highest BCUT2D eigenvalue weighted by molar-refractivity contribution is 5.14. The number of allylic oxidation sites excluding steroid dienone is 2. The molecule has 70 valence electrons. The van der Waals surface area contributed by atoms with Crippen molar-refractivity contribution >= 4 is 0 Å². The molecule has 0 saturated carbocycles. The van der Waals surface area contributed by atoms with Gasteiger partial charge in [-0.1, -0.05) is 32.1 Å². The van der Waals surface area contributed by atoms with E-state index >= 15 is 0 Å². The third-order valence-corrected chi connectivity index (χ3v) is 2.15. The topological polar surface area (TPSA) is 12.9 Å². The van der Waals surface area contributed by atoms with Crippen molar-refractivity contribution in [3.63, 3.8) is 0 Å². The number of aromatic nitrogens is 1. The van der Waals surface area contributed by atoms with E-state index in [-0.39, 0.29) is 0 Å². The van der Waals surface area contributed by atoms with Crippen molar-refractivity contribution in [1.82, 2.24) is 4.98 Å². The van der Waals surface area contributed by atoms with Gasteiger partial charge in [-0.2, -0.15) is 0 Å². The summed E-state index contributed by atoms with van der Waals surface area (Å²) in [5.74, 6) is 0.580. The number of nitrogens with zero attached hydrogens (tertiary/aromatic N) is 1. The highest BCUT2D eigenvalue weighted by Crippen LogP contribution is 2.17. The SMILES string of the molecule is CC/C=C\CC(C)c1cccnc1. The minimum Gasteiger partial charge on any atom is -0.264 e. The standard InChI is InChI=1S/C12H17N/c1-3-4-5-7-11(2)12-8-6-9-13-10-12/h4-6,8-11H,3,7H2,1-2H3/b5-4-. The van der Waals surface area contributed by atoms with Crippen molar-refractivity contribution < 1.29 is 0 Å². The van der Waals surface area contributed by atoms with Crippen LogP contribution in [0.2, 0.25) is 0 Å². The van der Waals surface area contributed by atoms with E-state index in [9.17, 15) is 0 Å². The molecule has 0 amide bonds. The molecular weight excluding hydrogens is 158 g/mol. The summed E-state index contributed by atoms with van der Waals surface area (Å²) >= 11 is 0. The van der Waals surface area contributed by atoms with Crippen molar-refractivity contribution in [2.45, 2.75) is 32.6 Å². The highest BCUT2D eigenvalue weighted by Gasteiger charge is 2.01. The van der Waals surface area contributed by atoms with Gasteiger partial charge in [0.1, 0.15) is 0 Å². The summed E-state index contributed by atoms with van der Waals surface area (Å²) in [5.41, 5.74) is 1.32. The van der Waals surface area contributed by atoms with Gasteiger partial charge < -0.3 is 0 Å². The molecule has 0 N–H and O–H groups in total. The van der Waals surface area contributed by atoms with E-state index in [1.807, 2.05) is 18.5 Å². The first-order valence-corrected chi connectivity index (χ1v) is 4.89. The summed E-state index contributed by atoms with van der Waals surface area (Å²) in [6.07, 6.45) is 10.5. The molecule has 0 aromatic carbocycles. The molecule has 0 radical (unpaired) electrons. The van der Waals surface area contributed by atoms with Crippen LogP contribution in [-0.4, -0.2) is 4.98 Å². The van der Waals surface area contributed by atoms with Gasteiger partial charge in [0.2, 0.25) is 0 Å². The third-order valence-electron chi connectivity index (χ3n) is 2.15. The van der Waals surface area contributed by atoms with E-state index in [1.54, 1.807) is 0 Å². The smallest absolute Gasteiger partial charge is 0.0302 e. The summed E-state index contributed by atoms with van der Waals surface area (Å²) < 4.78 is 0. The van der Waals surface area contributed by atoms with Crippen molar-refractivity contribution in [3.05, 3.63) is 42.2 Å². The first kappa shape index (κ1) is 9.97. The van der Waals surface area contributed by atoms with Crippen molar-refractivity contribution in [1.29, 1.82) is 0 Å². The van der Waals surface area contributed by atoms with Crippen LogP contribution in [0.4, 0.5) is 0 Å². The van der Waals surface area contributed by atoms with E-state index in [4.69, 9.17) is 0 Å². The van der Waals surface area contributed by atoms with Crippen LogP contribution < -0.4 is 0 Å². The number of hydrogen-bond donors (Lipinski definition) is 0. The number of rotatable bonds is 4. The zero-order chi connectivity index (χ0) is 9.52. The maximum Gasteiger partial charge on any atom is 0.0302 e. The van der Waals surface area contributed by atoms with Gasteiger partial charge in [0.15, 0.2) is 0 Å². The lowest BCUT2D eigenvalue weighted by Gasteiger charge is -2.07. The molecule has 1 unspecified atom stereocenters. The van der Waals surface area contributed by atoms with Gasteiger partial charge in [-0.25, -0.2) is 0 Å². The zero-order valence-corrected chi connectivity index (χ0v) is 8.40. The van der Waals surface area contributed by atoms with Gasteiger partial charge in [0, 0.05) is 12.4 Å². The van der Waals surface area contributed by atoms with Crippen LogP contribution in [0.1, 0.15) is 38.2 Å². The average molecular weight is 175 g/mol. The fourth-order valence-electron chi connectivity index (χ4n) is 1.27. The minimum absolute atomic E-state index is 0.580. The normalized spacial score (nSPS) is 13.4. The lowest BCUT2D eigenvalue weighted by Crippen LogP contribution is -1.91. The Morgan fingerprint density at radius 3 is 2.92 bits per heavy atom. The fraction of sp³-hybridized carbons (Fsp3) is 0.417. The molecule has 0 saturated heterocycles. The van der Waals surface area contributed by atoms with Gasteiger partial charge in [-0.05, 0) is 30.4 Å². The second kappa shape index (κ2) is 5.52. The monoisotopic (exact) mass is 175 g/mol. The van der Waals surface area contributed by atoms with E-state index in [0.717, 1.165) is 12.8 Å². The van der Waals surface area contributed by atoms with Crippen LogP contribution in [0.25, 0.3) is 0 Å². The lowest BCUT2D eigenvalue weighted by atomic mass is 9.99. The van der Waals surface area contributed by atoms with Crippen LogP contribution in [0.15, 0.2) is 36.7 Å². The Morgan fingerprint density at radius 2 is 2.31 bits per heavy atom. The van der Waals surface area contributed by atoms with Crippen molar-refractivity contribution in [3.8, 4) is 0 Å². The Morgan fingerprint density at radius 1 is 1.46 bits per heavy atom. The predicted molar refractivity (Wildman–Crippen MR) is 56.7 cm³/mol. The Hall–Kier alpha value is -1.11. The molecular formula is C12H17N. The summed E-state index contributed by atoms with van der Waals surface area (Å²) in [5, 5.41) is 0. The van der Waals surface area contributed by atoms with E-state index in [1.165, 1.54) is 5.56 Å². The molecule has 1 heteroatoms. The van der Waals surface area contributed by atoms with E-state index < -0.39 is 0 Å². The Balaban J connectivity index is 2.49. The molecule has 0 bridgehead atoms. The predicted octanol–water partition coefficient (Wildman–Crippen LogP) is 3.54. The molecule has 1 heterocycles. The molecule has 1 atom stereocenters. The van der Waals surface area contributed by atoms with Gasteiger partial charge >= 0.3 is 0 Å². The van der Waals surface area contributed by atoms with Gasteiger partial charge in [0.25, 0.3) is 0 Å². The summed E-state index contributed by atoms with van der Waals surface area (Å²) in [6.45, 7) is 4.39. The quantitative estimate of drug-likeness (QED) is 0.638. The van der Waals surface area contributed by atoms with Crippen LogP contribution >= 0.6 is 0 Å². The molecule has 13 heavy (non-hydrogen) atoms. The maximum atomic E-state index is 4.11. The van der Waals surface area contributed by atoms with Crippen LogP contribution in [0.5, 0.6) is 0 Å². The van der Waals surface area contributed by atoms with Crippen molar-refractivity contribution in [2.75, 3.05) is 0 Å². The van der Waals surface area contributed by atoms with Crippen LogP contribution in [-0.2, 0) is 0 Å². The fourth-order valence-corrected chi connectivity index (χ4v) is 1.27. The van der Waals surface area contributed by atoms with Gasteiger partial charge in [0.05, 0.1) is 0 Å². The second-order valence-corrected chi connectivity index (χ2v) is 3.30. The molecule has 0 aliphatic rings. The third kappa shape index (κ3) is 3.41. The maximum absolute atomic E-state index is 4.11. The first-order chi connectivity index (χ1) is 6.34. The number of hydrogen-bond acceptors (Lipinski definition) is 1. The Bertz CT molecular complexity index is 251. The second-order valence-electron chi connectivity index (χ2n) is 3.30. The van der Waals surface area contributed by atoms with Gasteiger partial charge in [-0.3, -0.25) is 4.98 Å². The van der Waals surface area contributed by atoms with Gasteiger partial charge in [-0.15, -0.1) is 0 Å². The van der Waals surface area contributed by atoms with Crippen LogP contribution in [0, 0.1) is 0 Å². The van der Waals surface area contributed by atoms with E-state index in [2.05, 4.69) is 37.0 Å². The zero-order valence-electron chi connectivity index (χ0n) is 8.40. The molecule has 0 spiro atoms. The largest absolute Gasteiger partial charge is 0.264 e. The Kier molecular flexibility index (Phi) is 4.24.